The first-order chi connectivity index (χ1) is 7.13. The number of carbonyl (C=O) groups excluding carboxylic acids is 1. The van der Waals surface area contributed by atoms with Gasteiger partial charge >= 0.3 is 0 Å². The number of halogens is 2. The number of nitrogens with one attached hydrogen (secondary N) is 2. The van der Waals surface area contributed by atoms with Crippen LogP contribution in [0.5, 0.6) is 0 Å². The van der Waals surface area contributed by atoms with Crippen molar-refractivity contribution in [1.29, 1.82) is 0 Å². The van der Waals surface area contributed by atoms with Gasteiger partial charge in [0.15, 0.2) is 0 Å². The molecule has 1 rings (SSSR count). The number of hydrogen-bond acceptors (Lipinski definition) is 2. The zero-order valence-corrected chi connectivity index (χ0v) is 9.82. The summed E-state index contributed by atoms with van der Waals surface area (Å²) in [6.45, 7) is 0.528. The standard InChI is InChI=1S/C10H12Cl2N2O/c1-13-10(15)4-5-14-9-6-7(11)2-3-8(9)12/h2-3,6,14H,4-5H2,1H3,(H,13,15). The first-order valence-corrected chi connectivity index (χ1v) is 5.28. The van der Waals surface area contributed by atoms with Gasteiger partial charge in [-0.3, -0.25) is 4.79 Å². The molecule has 0 saturated carbocycles. The van der Waals surface area contributed by atoms with Crippen molar-refractivity contribution in [2.24, 2.45) is 0 Å². The molecule has 1 amide bonds. The Balaban J connectivity index is 2.50. The van der Waals surface area contributed by atoms with Gasteiger partial charge in [-0.15, -0.1) is 0 Å². The van der Waals surface area contributed by atoms with Crippen molar-refractivity contribution >= 4 is 34.8 Å². The van der Waals surface area contributed by atoms with E-state index in [-0.39, 0.29) is 5.91 Å². The van der Waals surface area contributed by atoms with E-state index in [4.69, 9.17) is 23.2 Å². The lowest BCUT2D eigenvalue weighted by molar-refractivity contribution is -0.120. The molecule has 0 aliphatic heterocycles. The number of rotatable bonds is 4. The lowest BCUT2D eigenvalue weighted by Crippen LogP contribution is -2.20. The van der Waals surface area contributed by atoms with E-state index >= 15 is 0 Å². The van der Waals surface area contributed by atoms with E-state index in [1.54, 1.807) is 25.2 Å². The third-order valence-electron chi connectivity index (χ3n) is 1.87. The molecule has 5 heteroatoms. The quantitative estimate of drug-likeness (QED) is 0.858. The van der Waals surface area contributed by atoms with Crippen molar-refractivity contribution in [3.63, 3.8) is 0 Å². The Morgan fingerprint density at radius 2 is 2.13 bits per heavy atom. The van der Waals surface area contributed by atoms with Crippen molar-refractivity contribution in [2.45, 2.75) is 6.42 Å². The lowest BCUT2D eigenvalue weighted by Gasteiger charge is -2.07. The van der Waals surface area contributed by atoms with E-state index < -0.39 is 0 Å². The largest absolute Gasteiger partial charge is 0.383 e. The molecule has 0 atom stereocenters. The van der Waals surface area contributed by atoms with Crippen LogP contribution < -0.4 is 10.6 Å². The maximum absolute atomic E-state index is 10.9. The van der Waals surface area contributed by atoms with Crippen LogP contribution in [-0.2, 0) is 4.79 Å². The minimum absolute atomic E-state index is 0.0133. The average molecular weight is 247 g/mol. The molecule has 0 unspecified atom stereocenters. The monoisotopic (exact) mass is 246 g/mol. The van der Waals surface area contributed by atoms with Crippen LogP contribution >= 0.6 is 23.2 Å². The molecule has 2 N–H and O–H groups in total. The molecule has 0 heterocycles. The van der Waals surface area contributed by atoms with E-state index in [1.165, 1.54) is 0 Å². The summed E-state index contributed by atoms with van der Waals surface area (Å²) in [6, 6.07) is 5.16. The van der Waals surface area contributed by atoms with Crippen LogP contribution in [0.2, 0.25) is 10.0 Å². The highest BCUT2D eigenvalue weighted by Crippen LogP contribution is 2.25. The van der Waals surface area contributed by atoms with Crippen LogP contribution in [0.15, 0.2) is 18.2 Å². The molecule has 15 heavy (non-hydrogen) atoms. The summed E-state index contributed by atoms with van der Waals surface area (Å²) in [6.07, 6.45) is 0.402. The fraction of sp³-hybridized carbons (Fsp3) is 0.300. The highest BCUT2D eigenvalue weighted by molar-refractivity contribution is 6.35. The van der Waals surface area contributed by atoms with Crippen molar-refractivity contribution in [2.75, 3.05) is 18.9 Å². The Labute approximate surface area is 98.8 Å². The molecule has 0 fully saturated rings. The Hall–Kier alpha value is -0.930. The summed E-state index contributed by atoms with van der Waals surface area (Å²) in [5.41, 5.74) is 0.744. The maximum Gasteiger partial charge on any atom is 0.221 e. The van der Waals surface area contributed by atoms with Crippen molar-refractivity contribution < 1.29 is 4.79 Å². The SMILES string of the molecule is CNC(=O)CCNc1cc(Cl)ccc1Cl. The summed E-state index contributed by atoms with van der Waals surface area (Å²) >= 11 is 11.7. The smallest absolute Gasteiger partial charge is 0.221 e. The molecule has 1 aromatic rings. The van der Waals surface area contributed by atoms with Crippen molar-refractivity contribution in [3.8, 4) is 0 Å². The Morgan fingerprint density at radius 3 is 2.80 bits per heavy atom. The highest BCUT2D eigenvalue weighted by Gasteiger charge is 2.02. The molecule has 3 nitrogen and oxygen atoms in total. The van der Waals surface area contributed by atoms with Crippen LogP contribution in [0.1, 0.15) is 6.42 Å². The fourth-order valence-electron chi connectivity index (χ4n) is 1.07. The van der Waals surface area contributed by atoms with Gasteiger partial charge in [0.1, 0.15) is 0 Å². The van der Waals surface area contributed by atoms with Gasteiger partial charge in [-0.05, 0) is 18.2 Å². The topological polar surface area (TPSA) is 41.1 Å². The molecular formula is C10H12Cl2N2O. The van der Waals surface area contributed by atoms with Gasteiger partial charge in [-0.1, -0.05) is 23.2 Å². The second-order valence-corrected chi connectivity index (χ2v) is 3.82. The van der Waals surface area contributed by atoms with Crippen molar-refractivity contribution in [1.82, 2.24) is 5.32 Å². The molecule has 1 aromatic carbocycles. The molecule has 0 radical (unpaired) electrons. The van der Waals surface area contributed by atoms with Gasteiger partial charge in [0.2, 0.25) is 5.91 Å². The minimum Gasteiger partial charge on any atom is -0.383 e. The van der Waals surface area contributed by atoms with Crippen molar-refractivity contribution in [3.05, 3.63) is 28.2 Å². The predicted octanol–water partition coefficient (Wildman–Crippen LogP) is 2.54. The van der Waals surface area contributed by atoms with Gasteiger partial charge in [0.25, 0.3) is 0 Å². The molecule has 0 aliphatic carbocycles. The number of benzene rings is 1. The van der Waals surface area contributed by atoms with Crippen LogP contribution in [-0.4, -0.2) is 19.5 Å². The molecule has 82 valence electrons. The first kappa shape index (κ1) is 12.1. The third-order valence-corrected chi connectivity index (χ3v) is 2.44. The second kappa shape index (κ2) is 5.83. The number of hydrogen-bond donors (Lipinski definition) is 2. The zero-order valence-electron chi connectivity index (χ0n) is 8.31. The van der Waals surface area contributed by atoms with E-state index in [9.17, 15) is 4.79 Å². The molecule has 0 saturated heterocycles. The normalized spacial score (nSPS) is 9.80. The van der Waals surface area contributed by atoms with Gasteiger partial charge in [-0.2, -0.15) is 0 Å². The number of anilines is 1. The second-order valence-electron chi connectivity index (χ2n) is 2.97. The van der Waals surface area contributed by atoms with Gasteiger partial charge in [0.05, 0.1) is 10.7 Å². The molecule has 0 spiro atoms. The molecular weight excluding hydrogens is 235 g/mol. The Bertz CT molecular complexity index is 355. The number of amides is 1. The van der Waals surface area contributed by atoms with Gasteiger partial charge < -0.3 is 10.6 Å². The predicted molar refractivity (Wildman–Crippen MR) is 63.6 cm³/mol. The van der Waals surface area contributed by atoms with Gasteiger partial charge in [0, 0.05) is 25.0 Å². The number of carbonyl (C=O) groups is 1. The van der Waals surface area contributed by atoms with Crippen LogP contribution in [0.3, 0.4) is 0 Å². The lowest BCUT2D eigenvalue weighted by atomic mass is 10.3. The highest BCUT2D eigenvalue weighted by atomic mass is 35.5. The van der Waals surface area contributed by atoms with E-state index in [0.717, 1.165) is 5.69 Å². The Kier molecular flexibility index (Phi) is 4.72. The molecule has 0 aliphatic rings. The summed E-state index contributed by atoms with van der Waals surface area (Å²) in [4.78, 5) is 10.9. The van der Waals surface area contributed by atoms with E-state index in [1.807, 2.05) is 0 Å². The summed E-state index contributed by atoms with van der Waals surface area (Å²) in [5, 5.41) is 6.79. The molecule has 0 aromatic heterocycles. The maximum atomic E-state index is 10.9. The van der Waals surface area contributed by atoms with E-state index in [0.29, 0.717) is 23.0 Å². The fourth-order valence-corrected chi connectivity index (χ4v) is 1.43. The molecule has 0 bridgehead atoms. The third kappa shape index (κ3) is 3.98. The van der Waals surface area contributed by atoms with Crippen LogP contribution in [0, 0.1) is 0 Å². The van der Waals surface area contributed by atoms with Gasteiger partial charge in [-0.25, -0.2) is 0 Å². The van der Waals surface area contributed by atoms with Crippen LogP contribution in [0.4, 0.5) is 5.69 Å². The first-order valence-electron chi connectivity index (χ1n) is 4.53. The summed E-state index contributed by atoms with van der Waals surface area (Å²) < 4.78 is 0. The van der Waals surface area contributed by atoms with E-state index in [2.05, 4.69) is 10.6 Å². The average Bonchev–Trinajstić information content (AvgIpc) is 2.23. The van der Waals surface area contributed by atoms with Crippen LogP contribution in [0.25, 0.3) is 0 Å². The zero-order chi connectivity index (χ0) is 11.3. The minimum atomic E-state index is -0.0133. The summed E-state index contributed by atoms with van der Waals surface area (Å²) in [7, 11) is 1.61. The Morgan fingerprint density at radius 1 is 1.40 bits per heavy atom. The summed E-state index contributed by atoms with van der Waals surface area (Å²) in [5.74, 6) is -0.0133.